The SMILES string of the molecule is O=C(Cn1cnc2cc(-c3ccc(Cl)cc3)sc2c1=O)N1CCN(c2ccccc2F)CC1. The molecule has 0 N–H and O–H groups in total. The normalized spacial score (nSPS) is 14.1. The zero-order valence-electron chi connectivity index (χ0n) is 17.6. The van der Waals surface area contributed by atoms with Gasteiger partial charge in [-0.1, -0.05) is 35.9 Å². The smallest absolute Gasteiger partial charge is 0.271 e. The predicted octanol–water partition coefficient (Wildman–Crippen LogP) is 4.27. The highest BCUT2D eigenvalue weighted by Crippen LogP contribution is 2.31. The van der Waals surface area contributed by atoms with Crippen LogP contribution in [0.3, 0.4) is 0 Å². The van der Waals surface area contributed by atoms with Crippen molar-refractivity contribution in [2.24, 2.45) is 0 Å². The van der Waals surface area contributed by atoms with Gasteiger partial charge in [-0.15, -0.1) is 11.3 Å². The fourth-order valence-electron chi connectivity index (χ4n) is 3.97. The number of fused-ring (bicyclic) bond motifs is 1. The number of thiophene rings is 1. The lowest BCUT2D eigenvalue weighted by Gasteiger charge is -2.36. The van der Waals surface area contributed by atoms with E-state index in [0.29, 0.717) is 47.1 Å². The molecular weight excluding hydrogens is 463 g/mol. The van der Waals surface area contributed by atoms with E-state index < -0.39 is 0 Å². The summed E-state index contributed by atoms with van der Waals surface area (Å²) < 4.78 is 15.9. The molecule has 5 rings (SSSR count). The molecule has 6 nitrogen and oxygen atoms in total. The highest BCUT2D eigenvalue weighted by molar-refractivity contribution is 7.22. The van der Waals surface area contributed by atoms with Gasteiger partial charge >= 0.3 is 0 Å². The fraction of sp³-hybridized carbons (Fsp3) is 0.208. The van der Waals surface area contributed by atoms with Crippen molar-refractivity contribution >= 4 is 44.7 Å². The van der Waals surface area contributed by atoms with E-state index in [1.54, 1.807) is 35.2 Å². The van der Waals surface area contributed by atoms with Gasteiger partial charge in [0.2, 0.25) is 5.91 Å². The molecule has 0 spiro atoms. The van der Waals surface area contributed by atoms with Crippen molar-refractivity contribution in [1.29, 1.82) is 0 Å². The van der Waals surface area contributed by atoms with Crippen molar-refractivity contribution in [2.75, 3.05) is 31.1 Å². The van der Waals surface area contributed by atoms with Gasteiger partial charge in [0.15, 0.2) is 0 Å². The van der Waals surface area contributed by atoms with E-state index in [9.17, 15) is 14.0 Å². The molecule has 0 atom stereocenters. The second-order valence-corrected chi connectivity index (χ2v) is 9.32. The number of hydrogen-bond donors (Lipinski definition) is 0. The number of carbonyl (C=O) groups is 1. The Hall–Kier alpha value is -3.23. The molecule has 1 saturated heterocycles. The maximum atomic E-state index is 14.0. The molecule has 168 valence electrons. The zero-order valence-corrected chi connectivity index (χ0v) is 19.2. The average Bonchev–Trinajstić information content (AvgIpc) is 3.27. The largest absolute Gasteiger partial charge is 0.366 e. The van der Waals surface area contributed by atoms with E-state index in [0.717, 1.165) is 10.4 Å². The fourth-order valence-corrected chi connectivity index (χ4v) is 5.16. The van der Waals surface area contributed by atoms with E-state index in [1.807, 2.05) is 23.1 Å². The lowest BCUT2D eigenvalue weighted by atomic mass is 10.2. The van der Waals surface area contributed by atoms with Gasteiger partial charge < -0.3 is 9.80 Å². The first-order valence-electron chi connectivity index (χ1n) is 10.5. The first kappa shape index (κ1) is 21.6. The van der Waals surface area contributed by atoms with Crippen molar-refractivity contribution in [3.05, 3.63) is 82.1 Å². The van der Waals surface area contributed by atoms with Gasteiger partial charge in [-0.3, -0.25) is 14.2 Å². The monoisotopic (exact) mass is 482 g/mol. The number of aromatic nitrogens is 2. The molecule has 9 heteroatoms. The molecule has 2 aromatic carbocycles. The van der Waals surface area contributed by atoms with Crippen molar-refractivity contribution < 1.29 is 9.18 Å². The van der Waals surface area contributed by atoms with Gasteiger partial charge in [0, 0.05) is 36.1 Å². The van der Waals surface area contributed by atoms with Gasteiger partial charge in [-0.2, -0.15) is 0 Å². The number of benzene rings is 2. The number of nitrogens with zero attached hydrogens (tertiary/aromatic N) is 4. The summed E-state index contributed by atoms with van der Waals surface area (Å²) in [4.78, 5) is 34.8. The Balaban J connectivity index is 1.29. The van der Waals surface area contributed by atoms with E-state index in [1.165, 1.54) is 28.3 Å². The van der Waals surface area contributed by atoms with Crippen LogP contribution in [-0.4, -0.2) is 46.5 Å². The Morgan fingerprint density at radius 1 is 1.06 bits per heavy atom. The highest BCUT2D eigenvalue weighted by atomic mass is 35.5. The summed E-state index contributed by atoms with van der Waals surface area (Å²) in [5.41, 5.74) is 1.88. The standard InChI is InChI=1S/C24H20ClFN4O2S/c25-17-7-5-16(6-8-17)21-13-19-23(33-21)24(32)30(15-27-19)14-22(31)29-11-9-28(10-12-29)20-4-2-1-3-18(20)26/h1-8,13,15H,9-12,14H2. The molecule has 0 radical (unpaired) electrons. The molecule has 2 aromatic heterocycles. The molecule has 33 heavy (non-hydrogen) atoms. The van der Waals surface area contributed by atoms with Gasteiger partial charge in [-0.25, -0.2) is 9.37 Å². The van der Waals surface area contributed by atoms with Crippen molar-refractivity contribution in [3.8, 4) is 10.4 Å². The molecule has 1 aliphatic rings. The van der Waals surface area contributed by atoms with E-state index >= 15 is 0 Å². The minimum Gasteiger partial charge on any atom is -0.366 e. The second kappa shape index (κ2) is 8.96. The van der Waals surface area contributed by atoms with Gasteiger partial charge in [0.25, 0.3) is 5.56 Å². The van der Waals surface area contributed by atoms with Crippen LogP contribution in [0.5, 0.6) is 0 Å². The lowest BCUT2D eigenvalue weighted by molar-refractivity contribution is -0.132. The van der Waals surface area contributed by atoms with Crippen molar-refractivity contribution in [3.63, 3.8) is 0 Å². The van der Waals surface area contributed by atoms with Crippen LogP contribution < -0.4 is 10.5 Å². The van der Waals surface area contributed by atoms with Gasteiger partial charge in [0.05, 0.1) is 17.5 Å². The third-order valence-corrected chi connectivity index (χ3v) is 7.18. The number of halogens is 2. The molecule has 4 aromatic rings. The topological polar surface area (TPSA) is 58.4 Å². The van der Waals surface area contributed by atoms with E-state index in [4.69, 9.17) is 11.6 Å². The highest BCUT2D eigenvalue weighted by Gasteiger charge is 2.23. The Kier molecular flexibility index (Phi) is 5.86. The molecule has 1 fully saturated rings. The van der Waals surface area contributed by atoms with Crippen LogP contribution in [0.4, 0.5) is 10.1 Å². The van der Waals surface area contributed by atoms with Crippen LogP contribution in [0, 0.1) is 5.82 Å². The van der Waals surface area contributed by atoms with Crippen LogP contribution in [0.2, 0.25) is 5.02 Å². The Labute approximate surface area is 198 Å². The third-order valence-electron chi connectivity index (χ3n) is 5.76. The molecule has 1 aliphatic heterocycles. The minimum atomic E-state index is -0.267. The first-order valence-corrected chi connectivity index (χ1v) is 11.7. The molecule has 0 unspecified atom stereocenters. The van der Waals surface area contributed by atoms with Crippen LogP contribution in [0.25, 0.3) is 20.7 Å². The summed E-state index contributed by atoms with van der Waals surface area (Å²) in [5.74, 6) is -0.418. The quantitative estimate of drug-likeness (QED) is 0.436. The Bertz CT molecular complexity index is 1380. The lowest BCUT2D eigenvalue weighted by Crippen LogP contribution is -2.50. The minimum absolute atomic E-state index is 0.0738. The number of para-hydroxylation sites is 1. The summed E-state index contributed by atoms with van der Waals surface area (Å²) in [6, 6.07) is 15.9. The molecule has 0 aliphatic carbocycles. The third kappa shape index (κ3) is 4.36. The number of hydrogen-bond acceptors (Lipinski definition) is 5. The molecular formula is C24H20ClFN4O2S. The number of amides is 1. The maximum Gasteiger partial charge on any atom is 0.271 e. The predicted molar refractivity (Wildman–Crippen MR) is 130 cm³/mol. The zero-order chi connectivity index (χ0) is 22.9. The molecule has 3 heterocycles. The van der Waals surface area contributed by atoms with Crippen molar-refractivity contribution in [1.82, 2.24) is 14.5 Å². The number of anilines is 1. The Morgan fingerprint density at radius 2 is 1.79 bits per heavy atom. The summed E-state index contributed by atoms with van der Waals surface area (Å²) in [5, 5.41) is 0.647. The summed E-state index contributed by atoms with van der Waals surface area (Å²) in [7, 11) is 0. The van der Waals surface area contributed by atoms with Crippen molar-refractivity contribution in [2.45, 2.75) is 6.54 Å². The van der Waals surface area contributed by atoms with Crippen LogP contribution in [-0.2, 0) is 11.3 Å². The molecule has 0 bridgehead atoms. The summed E-state index contributed by atoms with van der Waals surface area (Å²) in [6.07, 6.45) is 1.43. The van der Waals surface area contributed by atoms with E-state index in [2.05, 4.69) is 4.98 Å². The second-order valence-electron chi connectivity index (χ2n) is 7.83. The molecule has 0 saturated carbocycles. The van der Waals surface area contributed by atoms with Crippen LogP contribution in [0.15, 0.2) is 65.7 Å². The summed E-state index contributed by atoms with van der Waals surface area (Å²) in [6.45, 7) is 1.94. The van der Waals surface area contributed by atoms with Gasteiger partial charge in [0.1, 0.15) is 17.1 Å². The maximum absolute atomic E-state index is 14.0. The van der Waals surface area contributed by atoms with E-state index in [-0.39, 0.29) is 23.8 Å². The van der Waals surface area contributed by atoms with Crippen LogP contribution in [0.1, 0.15) is 0 Å². The number of rotatable bonds is 4. The number of carbonyl (C=O) groups excluding carboxylic acids is 1. The van der Waals surface area contributed by atoms with Gasteiger partial charge in [-0.05, 0) is 35.9 Å². The first-order chi connectivity index (χ1) is 16.0. The number of piperazine rings is 1. The molecule has 1 amide bonds. The Morgan fingerprint density at radius 3 is 2.52 bits per heavy atom. The van der Waals surface area contributed by atoms with Crippen LogP contribution >= 0.6 is 22.9 Å². The average molecular weight is 483 g/mol. The summed E-state index contributed by atoms with van der Waals surface area (Å²) >= 11 is 7.32.